The number of halogens is 2. The summed E-state index contributed by atoms with van der Waals surface area (Å²) in [5, 5.41) is 0. The van der Waals surface area contributed by atoms with Gasteiger partial charge in [0.05, 0.1) is 0 Å². The van der Waals surface area contributed by atoms with Crippen LogP contribution in [0.3, 0.4) is 0 Å². The summed E-state index contributed by atoms with van der Waals surface area (Å²) in [6.45, 7) is 2.13. The highest BCUT2D eigenvalue weighted by Crippen LogP contribution is 2.34. The molecule has 0 atom stereocenters. The SMILES string of the molecule is CC1=CC(Br)(Br)C=CC1. The Hall–Kier alpha value is 0.440. The van der Waals surface area contributed by atoms with Crippen LogP contribution in [-0.2, 0) is 0 Å². The Kier molecular flexibility index (Phi) is 2.17. The van der Waals surface area contributed by atoms with Crippen molar-refractivity contribution in [3.05, 3.63) is 23.8 Å². The minimum Gasteiger partial charge on any atom is -0.0819 e. The second kappa shape index (κ2) is 2.59. The lowest BCUT2D eigenvalue weighted by Gasteiger charge is -2.15. The van der Waals surface area contributed by atoms with E-state index in [1.54, 1.807) is 0 Å². The van der Waals surface area contributed by atoms with Crippen LogP contribution in [0.25, 0.3) is 0 Å². The predicted molar refractivity (Wildman–Crippen MR) is 48.1 cm³/mol. The highest BCUT2D eigenvalue weighted by Gasteiger charge is 2.17. The van der Waals surface area contributed by atoms with Gasteiger partial charge in [-0.25, -0.2) is 0 Å². The average molecular weight is 252 g/mol. The zero-order chi connectivity index (χ0) is 6.91. The van der Waals surface area contributed by atoms with Gasteiger partial charge in [-0.15, -0.1) is 0 Å². The van der Waals surface area contributed by atoms with Gasteiger partial charge in [0.1, 0.15) is 3.23 Å². The van der Waals surface area contributed by atoms with Crippen molar-refractivity contribution in [1.29, 1.82) is 0 Å². The Bertz CT molecular complexity index is 166. The maximum atomic E-state index is 3.49. The molecule has 9 heavy (non-hydrogen) atoms. The lowest BCUT2D eigenvalue weighted by atomic mass is 10.1. The molecule has 2 heteroatoms. The monoisotopic (exact) mass is 250 g/mol. The Labute approximate surface area is 72.3 Å². The van der Waals surface area contributed by atoms with E-state index in [0.29, 0.717) is 0 Å². The molecule has 0 N–H and O–H groups in total. The highest BCUT2D eigenvalue weighted by molar-refractivity contribution is 9.25. The van der Waals surface area contributed by atoms with Gasteiger partial charge in [-0.05, 0) is 13.3 Å². The maximum Gasteiger partial charge on any atom is 0.117 e. The zero-order valence-corrected chi connectivity index (χ0v) is 8.37. The van der Waals surface area contributed by atoms with Crippen LogP contribution in [0, 0.1) is 0 Å². The van der Waals surface area contributed by atoms with Gasteiger partial charge in [0.15, 0.2) is 0 Å². The Morgan fingerprint density at radius 2 is 2.22 bits per heavy atom. The molecule has 50 valence electrons. The Balaban J connectivity index is 2.78. The fourth-order valence-electron chi connectivity index (χ4n) is 0.838. The Morgan fingerprint density at radius 1 is 1.56 bits per heavy atom. The van der Waals surface area contributed by atoms with Gasteiger partial charge < -0.3 is 0 Å². The van der Waals surface area contributed by atoms with Crippen LogP contribution in [0.15, 0.2) is 23.8 Å². The van der Waals surface area contributed by atoms with Crippen LogP contribution in [0.2, 0.25) is 0 Å². The minimum absolute atomic E-state index is 0.0671. The van der Waals surface area contributed by atoms with Crippen molar-refractivity contribution in [1.82, 2.24) is 0 Å². The molecule has 0 aliphatic heterocycles. The molecule has 0 aromatic carbocycles. The Morgan fingerprint density at radius 3 is 2.56 bits per heavy atom. The topological polar surface area (TPSA) is 0 Å². The third-order valence-corrected chi connectivity index (χ3v) is 2.21. The van der Waals surface area contributed by atoms with Gasteiger partial charge in [-0.2, -0.15) is 0 Å². The molecule has 0 heterocycles. The van der Waals surface area contributed by atoms with Crippen LogP contribution in [0.4, 0.5) is 0 Å². The fraction of sp³-hybridized carbons (Fsp3) is 0.429. The summed E-state index contributed by atoms with van der Waals surface area (Å²) >= 11 is 6.97. The van der Waals surface area contributed by atoms with Crippen molar-refractivity contribution >= 4 is 31.9 Å². The minimum atomic E-state index is -0.0671. The molecule has 0 fully saturated rings. The lowest BCUT2D eigenvalue weighted by Crippen LogP contribution is -2.05. The number of allylic oxidation sites excluding steroid dienone is 4. The van der Waals surface area contributed by atoms with Crippen LogP contribution >= 0.6 is 31.9 Å². The van der Waals surface area contributed by atoms with Crippen LogP contribution in [0.1, 0.15) is 13.3 Å². The molecule has 1 rings (SSSR count). The predicted octanol–water partition coefficient (Wildman–Crippen LogP) is 3.38. The van der Waals surface area contributed by atoms with Gasteiger partial charge in [0, 0.05) is 0 Å². The number of rotatable bonds is 0. The molecule has 0 saturated heterocycles. The number of hydrogen-bond acceptors (Lipinski definition) is 0. The molecule has 0 saturated carbocycles. The summed E-state index contributed by atoms with van der Waals surface area (Å²) in [5.74, 6) is 0. The number of hydrogen-bond donors (Lipinski definition) is 0. The summed E-state index contributed by atoms with van der Waals surface area (Å²) < 4.78 is -0.0671. The second-order valence-corrected chi connectivity index (χ2v) is 5.96. The van der Waals surface area contributed by atoms with Crippen LogP contribution in [0.5, 0.6) is 0 Å². The third-order valence-electron chi connectivity index (χ3n) is 1.22. The molecular weight excluding hydrogens is 244 g/mol. The van der Waals surface area contributed by atoms with Gasteiger partial charge >= 0.3 is 0 Å². The summed E-state index contributed by atoms with van der Waals surface area (Å²) in [6, 6.07) is 0. The molecule has 1 aliphatic rings. The van der Waals surface area contributed by atoms with Crippen molar-refractivity contribution in [2.45, 2.75) is 16.6 Å². The van der Waals surface area contributed by atoms with Crippen molar-refractivity contribution in [2.24, 2.45) is 0 Å². The standard InChI is InChI=1S/C7H8Br2/c1-6-3-2-4-7(8,9)5-6/h2,4-5H,3H2,1H3. The quantitative estimate of drug-likeness (QED) is 0.458. The molecular formula is C7H8Br2. The smallest absolute Gasteiger partial charge is 0.0819 e. The van der Waals surface area contributed by atoms with Gasteiger partial charge in [0.25, 0.3) is 0 Å². The normalized spacial score (nSPS) is 23.7. The summed E-state index contributed by atoms with van der Waals surface area (Å²) in [7, 11) is 0. The van der Waals surface area contributed by atoms with Gasteiger partial charge in [0.2, 0.25) is 0 Å². The van der Waals surface area contributed by atoms with Crippen LogP contribution in [-0.4, -0.2) is 3.23 Å². The van der Waals surface area contributed by atoms with Crippen molar-refractivity contribution in [2.75, 3.05) is 0 Å². The van der Waals surface area contributed by atoms with E-state index in [-0.39, 0.29) is 3.23 Å². The molecule has 0 bridgehead atoms. The van der Waals surface area contributed by atoms with E-state index in [1.165, 1.54) is 5.57 Å². The molecule has 0 unspecified atom stereocenters. The fourth-order valence-corrected chi connectivity index (χ4v) is 1.99. The lowest BCUT2D eigenvalue weighted by molar-refractivity contribution is 1.11. The average Bonchev–Trinajstić information content (AvgIpc) is 1.60. The summed E-state index contributed by atoms with van der Waals surface area (Å²) in [6.07, 6.45) is 7.49. The van der Waals surface area contributed by atoms with Crippen molar-refractivity contribution < 1.29 is 0 Å². The largest absolute Gasteiger partial charge is 0.117 e. The zero-order valence-electron chi connectivity index (χ0n) is 5.20. The van der Waals surface area contributed by atoms with E-state index in [9.17, 15) is 0 Å². The first-order chi connectivity index (χ1) is 4.10. The molecule has 0 amide bonds. The first kappa shape index (κ1) is 7.55. The van der Waals surface area contributed by atoms with Gasteiger partial charge in [-0.1, -0.05) is 55.7 Å². The van der Waals surface area contributed by atoms with E-state index < -0.39 is 0 Å². The molecule has 0 aromatic rings. The van der Waals surface area contributed by atoms with E-state index in [4.69, 9.17) is 0 Å². The second-order valence-electron chi connectivity index (χ2n) is 2.27. The first-order valence-corrected chi connectivity index (χ1v) is 4.43. The molecule has 0 aromatic heterocycles. The summed E-state index contributed by atoms with van der Waals surface area (Å²) in [4.78, 5) is 0. The van der Waals surface area contributed by atoms with E-state index in [1.807, 2.05) is 0 Å². The van der Waals surface area contributed by atoms with Crippen LogP contribution < -0.4 is 0 Å². The first-order valence-electron chi connectivity index (χ1n) is 2.84. The highest BCUT2D eigenvalue weighted by atomic mass is 79.9. The van der Waals surface area contributed by atoms with Crippen molar-refractivity contribution in [3.8, 4) is 0 Å². The van der Waals surface area contributed by atoms with Crippen molar-refractivity contribution in [3.63, 3.8) is 0 Å². The van der Waals surface area contributed by atoms with E-state index in [2.05, 4.69) is 57.0 Å². The molecule has 1 aliphatic carbocycles. The maximum absolute atomic E-state index is 3.49. The van der Waals surface area contributed by atoms with E-state index in [0.717, 1.165) is 6.42 Å². The number of alkyl halides is 2. The van der Waals surface area contributed by atoms with E-state index >= 15 is 0 Å². The van der Waals surface area contributed by atoms with Gasteiger partial charge in [-0.3, -0.25) is 0 Å². The molecule has 0 radical (unpaired) electrons. The molecule has 0 nitrogen and oxygen atoms in total. The summed E-state index contributed by atoms with van der Waals surface area (Å²) in [5.41, 5.74) is 1.39. The third kappa shape index (κ3) is 2.26. The molecule has 0 spiro atoms.